The lowest BCUT2D eigenvalue weighted by molar-refractivity contribution is 0.0695. The molecule has 1 aliphatic rings. The first-order valence-electron chi connectivity index (χ1n) is 5.06. The van der Waals surface area contributed by atoms with E-state index in [0.717, 1.165) is 28.8 Å². The Balaban J connectivity index is 2.36. The summed E-state index contributed by atoms with van der Waals surface area (Å²) in [5.74, 6) is 0.207. The zero-order valence-electron chi connectivity index (χ0n) is 8.57. The SMILES string of the molecule is O=C(O)c1ccc(Br)cc1C1NCCCS1. The van der Waals surface area contributed by atoms with Crippen LogP contribution in [-0.4, -0.2) is 23.4 Å². The van der Waals surface area contributed by atoms with Crippen molar-refractivity contribution in [3.63, 3.8) is 0 Å². The predicted octanol–water partition coefficient (Wildman–Crippen LogP) is 2.87. The molecule has 0 saturated carbocycles. The quantitative estimate of drug-likeness (QED) is 0.882. The van der Waals surface area contributed by atoms with Gasteiger partial charge in [0.1, 0.15) is 0 Å². The molecule has 1 saturated heterocycles. The topological polar surface area (TPSA) is 49.3 Å². The third kappa shape index (κ3) is 2.59. The van der Waals surface area contributed by atoms with Crippen LogP contribution in [0.1, 0.15) is 27.7 Å². The Morgan fingerprint density at radius 1 is 1.56 bits per heavy atom. The molecule has 86 valence electrons. The van der Waals surface area contributed by atoms with Crippen molar-refractivity contribution in [1.29, 1.82) is 0 Å². The molecular formula is C11H12BrNO2S. The zero-order chi connectivity index (χ0) is 11.5. The molecule has 2 N–H and O–H groups in total. The Bertz CT molecular complexity index is 405. The van der Waals surface area contributed by atoms with Gasteiger partial charge in [-0.2, -0.15) is 0 Å². The second-order valence-corrected chi connectivity index (χ2v) is 5.72. The largest absolute Gasteiger partial charge is 0.478 e. The van der Waals surface area contributed by atoms with E-state index in [2.05, 4.69) is 21.2 Å². The van der Waals surface area contributed by atoms with Gasteiger partial charge in [-0.25, -0.2) is 4.79 Å². The molecule has 1 aromatic rings. The molecule has 1 unspecified atom stereocenters. The number of carboxylic acids is 1. The highest BCUT2D eigenvalue weighted by molar-refractivity contribution is 9.10. The van der Waals surface area contributed by atoms with E-state index in [0.29, 0.717) is 5.56 Å². The molecule has 1 fully saturated rings. The Labute approximate surface area is 107 Å². The lowest BCUT2D eigenvalue weighted by Crippen LogP contribution is -2.26. The van der Waals surface area contributed by atoms with Gasteiger partial charge in [-0.15, -0.1) is 11.8 Å². The summed E-state index contributed by atoms with van der Waals surface area (Å²) < 4.78 is 0.917. The second-order valence-electron chi connectivity index (χ2n) is 3.60. The van der Waals surface area contributed by atoms with Crippen molar-refractivity contribution in [2.75, 3.05) is 12.3 Å². The van der Waals surface area contributed by atoms with Gasteiger partial charge >= 0.3 is 5.97 Å². The molecule has 0 spiro atoms. The van der Waals surface area contributed by atoms with Crippen LogP contribution >= 0.6 is 27.7 Å². The van der Waals surface area contributed by atoms with Crippen LogP contribution < -0.4 is 5.32 Å². The number of hydrogen-bond donors (Lipinski definition) is 2. The monoisotopic (exact) mass is 301 g/mol. The van der Waals surface area contributed by atoms with Crippen molar-refractivity contribution in [2.45, 2.75) is 11.8 Å². The molecule has 1 atom stereocenters. The maximum atomic E-state index is 11.1. The number of nitrogens with one attached hydrogen (secondary N) is 1. The standard InChI is InChI=1S/C11H12BrNO2S/c12-7-2-3-8(11(14)15)9(6-7)10-13-4-1-5-16-10/h2-3,6,10,13H,1,4-5H2,(H,14,15). The molecule has 0 aliphatic carbocycles. The van der Waals surface area contributed by atoms with E-state index in [9.17, 15) is 4.79 Å². The molecule has 5 heteroatoms. The number of carboxylic acid groups (broad SMARTS) is 1. The van der Waals surface area contributed by atoms with Gasteiger partial charge in [-0.3, -0.25) is 0 Å². The summed E-state index contributed by atoms with van der Waals surface area (Å²) in [5.41, 5.74) is 1.24. The van der Waals surface area contributed by atoms with Gasteiger partial charge in [-0.05, 0) is 42.5 Å². The summed E-state index contributed by atoms with van der Waals surface area (Å²) in [5, 5.41) is 12.6. The summed E-state index contributed by atoms with van der Waals surface area (Å²) in [6.45, 7) is 0.948. The first kappa shape index (κ1) is 12.0. The van der Waals surface area contributed by atoms with Crippen LogP contribution in [0.15, 0.2) is 22.7 Å². The summed E-state index contributed by atoms with van der Waals surface area (Å²) >= 11 is 5.14. The minimum absolute atomic E-state index is 0.0948. The lowest BCUT2D eigenvalue weighted by atomic mass is 10.1. The molecular weight excluding hydrogens is 290 g/mol. The fourth-order valence-electron chi connectivity index (χ4n) is 1.71. The van der Waals surface area contributed by atoms with E-state index in [1.165, 1.54) is 0 Å². The fourth-order valence-corrected chi connectivity index (χ4v) is 3.25. The van der Waals surface area contributed by atoms with Crippen molar-refractivity contribution in [3.05, 3.63) is 33.8 Å². The Morgan fingerprint density at radius 3 is 3.00 bits per heavy atom. The average molecular weight is 302 g/mol. The molecule has 3 nitrogen and oxygen atoms in total. The molecule has 0 amide bonds. The van der Waals surface area contributed by atoms with Crippen LogP contribution in [0.4, 0.5) is 0 Å². The molecule has 0 bridgehead atoms. The van der Waals surface area contributed by atoms with E-state index in [1.54, 1.807) is 23.9 Å². The molecule has 1 heterocycles. The average Bonchev–Trinajstić information content (AvgIpc) is 2.29. The van der Waals surface area contributed by atoms with Gasteiger partial charge in [0, 0.05) is 4.47 Å². The smallest absolute Gasteiger partial charge is 0.336 e. The summed E-state index contributed by atoms with van der Waals surface area (Å²) in [4.78, 5) is 11.1. The Morgan fingerprint density at radius 2 is 2.38 bits per heavy atom. The predicted molar refractivity (Wildman–Crippen MR) is 68.9 cm³/mol. The number of halogens is 1. The van der Waals surface area contributed by atoms with Crippen LogP contribution in [0.5, 0.6) is 0 Å². The third-order valence-corrected chi connectivity index (χ3v) is 4.23. The number of thioether (sulfide) groups is 1. The van der Waals surface area contributed by atoms with Crippen LogP contribution in [0.3, 0.4) is 0 Å². The highest BCUT2D eigenvalue weighted by atomic mass is 79.9. The second kappa shape index (κ2) is 5.21. The van der Waals surface area contributed by atoms with Crippen molar-refractivity contribution >= 4 is 33.7 Å². The van der Waals surface area contributed by atoms with E-state index in [1.807, 2.05) is 6.07 Å². The van der Waals surface area contributed by atoms with Gasteiger partial charge in [0.05, 0.1) is 10.9 Å². The van der Waals surface area contributed by atoms with Crippen molar-refractivity contribution in [2.24, 2.45) is 0 Å². The van der Waals surface area contributed by atoms with E-state index >= 15 is 0 Å². The number of hydrogen-bond acceptors (Lipinski definition) is 3. The lowest BCUT2D eigenvalue weighted by Gasteiger charge is -2.24. The highest BCUT2D eigenvalue weighted by Crippen LogP contribution is 2.33. The molecule has 0 radical (unpaired) electrons. The molecule has 2 rings (SSSR count). The summed E-state index contributed by atoms with van der Waals surface area (Å²) in [6.07, 6.45) is 1.14. The van der Waals surface area contributed by atoms with E-state index in [4.69, 9.17) is 5.11 Å². The number of rotatable bonds is 2. The minimum Gasteiger partial charge on any atom is -0.478 e. The molecule has 16 heavy (non-hydrogen) atoms. The first-order valence-corrected chi connectivity index (χ1v) is 6.90. The third-order valence-electron chi connectivity index (χ3n) is 2.46. The van der Waals surface area contributed by atoms with Crippen molar-refractivity contribution < 1.29 is 9.90 Å². The number of carbonyl (C=O) groups is 1. The summed E-state index contributed by atoms with van der Waals surface area (Å²) in [7, 11) is 0. The Hall–Kier alpha value is -0.520. The number of benzene rings is 1. The van der Waals surface area contributed by atoms with Crippen LogP contribution in [0, 0.1) is 0 Å². The summed E-state index contributed by atoms with van der Waals surface area (Å²) in [6, 6.07) is 5.30. The van der Waals surface area contributed by atoms with Crippen molar-refractivity contribution in [1.82, 2.24) is 5.32 Å². The highest BCUT2D eigenvalue weighted by Gasteiger charge is 2.21. The number of aromatic carboxylic acids is 1. The maximum Gasteiger partial charge on any atom is 0.336 e. The molecule has 1 aliphatic heterocycles. The Kier molecular flexibility index (Phi) is 3.89. The van der Waals surface area contributed by atoms with Gasteiger partial charge in [0.15, 0.2) is 0 Å². The van der Waals surface area contributed by atoms with Crippen molar-refractivity contribution in [3.8, 4) is 0 Å². The van der Waals surface area contributed by atoms with Crippen LogP contribution in [0.2, 0.25) is 0 Å². The fraction of sp³-hybridized carbons (Fsp3) is 0.364. The van der Waals surface area contributed by atoms with Gasteiger partial charge < -0.3 is 10.4 Å². The van der Waals surface area contributed by atoms with Gasteiger partial charge in [-0.1, -0.05) is 15.9 Å². The van der Waals surface area contributed by atoms with Crippen LogP contribution in [0.25, 0.3) is 0 Å². The zero-order valence-corrected chi connectivity index (χ0v) is 11.0. The van der Waals surface area contributed by atoms with Crippen LogP contribution in [-0.2, 0) is 0 Å². The minimum atomic E-state index is -0.865. The maximum absolute atomic E-state index is 11.1. The van der Waals surface area contributed by atoms with Gasteiger partial charge in [0.2, 0.25) is 0 Å². The molecule has 0 aromatic heterocycles. The van der Waals surface area contributed by atoms with Gasteiger partial charge in [0.25, 0.3) is 0 Å². The molecule has 1 aromatic carbocycles. The van der Waals surface area contributed by atoms with E-state index < -0.39 is 5.97 Å². The first-order chi connectivity index (χ1) is 7.68. The van der Waals surface area contributed by atoms with E-state index in [-0.39, 0.29) is 5.37 Å². The normalized spacial score (nSPS) is 20.7.